The zero-order chi connectivity index (χ0) is 14.0. The van der Waals surface area contributed by atoms with Gasteiger partial charge in [0.15, 0.2) is 0 Å². The van der Waals surface area contributed by atoms with Crippen LogP contribution in [0.3, 0.4) is 0 Å². The summed E-state index contributed by atoms with van der Waals surface area (Å²) in [6.07, 6.45) is 6.05. The number of rotatable bonds is 4. The molecule has 0 spiro atoms. The molecule has 1 N–H and O–H groups in total. The molecule has 0 aliphatic heterocycles. The van der Waals surface area contributed by atoms with Crippen molar-refractivity contribution in [2.45, 2.75) is 65.5 Å². The lowest BCUT2D eigenvalue weighted by atomic mass is 9.75. The van der Waals surface area contributed by atoms with E-state index in [1.165, 1.54) is 25.7 Å². The monoisotopic (exact) mass is 283 g/mol. The first-order valence-corrected chi connectivity index (χ1v) is 7.74. The minimum Gasteiger partial charge on any atom is -0.308 e. The maximum atomic E-state index is 6.37. The molecular formula is C15H26ClN3. The van der Waals surface area contributed by atoms with E-state index in [9.17, 15) is 0 Å². The van der Waals surface area contributed by atoms with Crippen molar-refractivity contribution in [3.05, 3.63) is 16.4 Å². The van der Waals surface area contributed by atoms with Crippen LogP contribution in [0.4, 0.5) is 0 Å². The smallest absolute Gasteiger partial charge is 0.0863 e. The standard InChI is InChI=1S/C15H26ClN3/c1-5-12-14(16)13(19(4)18-12)10-17-11-6-8-15(2,3)9-7-11/h11,17H,5-10H2,1-4H3. The number of aryl methyl sites for hydroxylation is 2. The summed E-state index contributed by atoms with van der Waals surface area (Å²) in [5.74, 6) is 0. The van der Waals surface area contributed by atoms with Crippen LogP contribution in [0.15, 0.2) is 0 Å². The zero-order valence-electron chi connectivity index (χ0n) is 12.6. The molecule has 2 rings (SSSR count). The molecule has 1 fully saturated rings. The molecule has 1 aromatic rings. The largest absolute Gasteiger partial charge is 0.308 e. The van der Waals surface area contributed by atoms with Crippen LogP contribution < -0.4 is 5.32 Å². The molecule has 0 bridgehead atoms. The molecule has 0 radical (unpaired) electrons. The molecule has 1 aliphatic carbocycles. The fourth-order valence-corrected chi connectivity index (χ4v) is 3.22. The summed E-state index contributed by atoms with van der Waals surface area (Å²) in [6.45, 7) is 7.66. The lowest BCUT2D eigenvalue weighted by molar-refractivity contribution is 0.205. The van der Waals surface area contributed by atoms with E-state index in [2.05, 4.69) is 31.2 Å². The van der Waals surface area contributed by atoms with Crippen LogP contribution in [0.25, 0.3) is 0 Å². The Morgan fingerprint density at radius 1 is 1.37 bits per heavy atom. The Labute approximate surface area is 121 Å². The number of nitrogens with zero attached hydrogens (tertiary/aromatic N) is 2. The van der Waals surface area contributed by atoms with Gasteiger partial charge in [0.25, 0.3) is 0 Å². The Bertz CT molecular complexity index is 427. The van der Waals surface area contributed by atoms with E-state index in [0.717, 1.165) is 29.4 Å². The molecule has 108 valence electrons. The quantitative estimate of drug-likeness (QED) is 0.913. The maximum absolute atomic E-state index is 6.37. The average molecular weight is 284 g/mol. The average Bonchev–Trinajstić information content (AvgIpc) is 2.63. The predicted octanol–water partition coefficient (Wildman–Crippen LogP) is 3.69. The molecule has 0 unspecified atom stereocenters. The van der Waals surface area contributed by atoms with Crippen LogP contribution in [-0.2, 0) is 20.0 Å². The van der Waals surface area contributed by atoms with Crippen LogP contribution in [0.1, 0.15) is 57.8 Å². The van der Waals surface area contributed by atoms with Gasteiger partial charge in [-0.05, 0) is 37.5 Å². The second kappa shape index (κ2) is 5.84. The van der Waals surface area contributed by atoms with Gasteiger partial charge in [0.05, 0.1) is 16.4 Å². The highest BCUT2D eigenvalue weighted by Gasteiger charge is 2.26. The van der Waals surface area contributed by atoms with Crippen molar-refractivity contribution in [1.29, 1.82) is 0 Å². The van der Waals surface area contributed by atoms with Crippen molar-refractivity contribution in [3.63, 3.8) is 0 Å². The number of halogens is 1. The highest BCUT2D eigenvalue weighted by atomic mass is 35.5. The van der Waals surface area contributed by atoms with E-state index in [-0.39, 0.29) is 0 Å². The minimum absolute atomic E-state index is 0.526. The van der Waals surface area contributed by atoms with Gasteiger partial charge < -0.3 is 5.32 Å². The molecule has 0 amide bonds. The lowest BCUT2D eigenvalue weighted by Crippen LogP contribution is -2.35. The molecule has 0 saturated heterocycles. The Kier molecular flexibility index (Phi) is 4.57. The minimum atomic E-state index is 0.526. The van der Waals surface area contributed by atoms with E-state index >= 15 is 0 Å². The normalized spacial score (nSPS) is 19.8. The van der Waals surface area contributed by atoms with E-state index in [1.807, 2.05) is 11.7 Å². The van der Waals surface area contributed by atoms with Gasteiger partial charge in [-0.3, -0.25) is 4.68 Å². The van der Waals surface area contributed by atoms with Gasteiger partial charge >= 0.3 is 0 Å². The van der Waals surface area contributed by atoms with Crippen LogP contribution in [0.5, 0.6) is 0 Å². The fraction of sp³-hybridized carbons (Fsp3) is 0.800. The van der Waals surface area contributed by atoms with Crippen molar-refractivity contribution in [2.24, 2.45) is 12.5 Å². The summed E-state index contributed by atoms with van der Waals surface area (Å²) in [4.78, 5) is 0. The zero-order valence-corrected chi connectivity index (χ0v) is 13.3. The van der Waals surface area contributed by atoms with Gasteiger partial charge in [0.2, 0.25) is 0 Å². The summed E-state index contributed by atoms with van der Waals surface area (Å²) in [5, 5.41) is 8.95. The fourth-order valence-electron chi connectivity index (χ4n) is 2.86. The molecule has 1 aromatic heterocycles. The highest BCUT2D eigenvalue weighted by molar-refractivity contribution is 6.31. The second-order valence-corrected chi connectivity index (χ2v) is 6.88. The van der Waals surface area contributed by atoms with Crippen LogP contribution >= 0.6 is 11.6 Å². The van der Waals surface area contributed by atoms with E-state index < -0.39 is 0 Å². The van der Waals surface area contributed by atoms with Crippen molar-refractivity contribution < 1.29 is 0 Å². The van der Waals surface area contributed by atoms with E-state index in [4.69, 9.17) is 11.6 Å². The van der Waals surface area contributed by atoms with Gasteiger partial charge in [0.1, 0.15) is 0 Å². The third-order valence-electron chi connectivity index (χ3n) is 4.40. The molecule has 1 aliphatic rings. The third-order valence-corrected chi connectivity index (χ3v) is 4.84. The Morgan fingerprint density at radius 2 is 2.00 bits per heavy atom. The Hall–Kier alpha value is -0.540. The molecule has 19 heavy (non-hydrogen) atoms. The molecule has 0 aromatic carbocycles. The molecule has 1 heterocycles. The first-order chi connectivity index (χ1) is 8.93. The summed E-state index contributed by atoms with van der Waals surface area (Å²) >= 11 is 6.37. The molecule has 4 heteroatoms. The number of hydrogen-bond acceptors (Lipinski definition) is 2. The van der Waals surface area contributed by atoms with Crippen molar-refractivity contribution >= 4 is 11.6 Å². The first-order valence-electron chi connectivity index (χ1n) is 7.36. The van der Waals surface area contributed by atoms with Crippen molar-refractivity contribution in [1.82, 2.24) is 15.1 Å². The summed E-state index contributed by atoms with van der Waals surface area (Å²) in [7, 11) is 1.98. The number of hydrogen-bond donors (Lipinski definition) is 1. The summed E-state index contributed by atoms with van der Waals surface area (Å²) in [6, 6.07) is 0.629. The molecule has 0 atom stereocenters. The van der Waals surface area contributed by atoms with Gasteiger partial charge in [-0.15, -0.1) is 0 Å². The van der Waals surface area contributed by atoms with E-state index in [0.29, 0.717) is 11.5 Å². The molecule has 1 saturated carbocycles. The van der Waals surface area contributed by atoms with Gasteiger partial charge in [-0.2, -0.15) is 5.10 Å². The van der Waals surface area contributed by atoms with Crippen LogP contribution in [0, 0.1) is 5.41 Å². The number of aromatic nitrogens is 2. The highest BCUT2D eigenvalue weighted by Crippen LogP contribution is 2.35. The van der Waals surface area contributed by atoms with Crippen molar-refractivity contribution in [2.75, 3.05) is 0 Å². The van der Waals surface area contributed by atoms with Crippen LogP contribution in [0.2, 0.25) is 5.02 Å². The van der Waals surface area contributed by atoms with Gasteiger partial charge in [-0.25, -0.2) is 0 Å². The summed E-state index contributed by atoms with van der Waals surface area (Å²) in [5.41, 5.74) is 2.65. The topological polar surface area (TPSA) is 29.9 Å². The molecule has 3 nitrogen and oxygen atoms in total. The number of nitrogens with one attached hydrogen (secondary N) is 1. The Balaban J connectivity index is 1.91. The van der Waals surface area contributed by atoms with Gasteiger partial charge in [0, 0.05) is 19.6 Å². The van der Waals surface area contributed by atoms with E-state index in [1.54, 1.807) is 0 Å². The maximum Gasteiger partial charge on any atom is 0.0863 e. The SMILES string of the molecule is CCc1nn(C)c(CNC2CCC(C)(C)CC2)c1Cl. The van der Waals surface area contributed by atoms with Crippen molar-refractivity contribution in [3.8, 4) is 0 Å². The third kappa shape index (κ3) is 3.51. The predicted molar refractivity (Wildman–Crippen MR) is 80.5 cm³/mol. The first kappa shape index (κ1) is 14.9. The summed E-state index contributed by atoms with van der Waals surface area (Å²) < 4.78 is 1.92. The second-order valence-electron chi connectivity index (χ2n) is 6.50. The Morgan fingerprint density at radius 3 is 2.53 bits per heavy atom. The van der Waals surface area contributed by atoms with Gasteiger partial charge in [-0.1, -0.05) is 32.4 Å². The lowest BCUT2D eigenvalue weighted by Gasteiger charge is -2.34. The van der Waals surface area contributed by atoms with Crippen LogP contribution in [-0.4, -0.2) is 15.8 Å². The molecular weight excluding hydrogens is 258 g/mol.